The lowest BCUT2D eigenvalue weighted by Crippen LogP contribution is -2.36. The summed E-state index contributed by atoms with van der Waals surface area (Å²) in [7, 11) is 0. The lowest BCUT2D eigenvalue weighted by molar-refractivity contribution is -0.119. The quantitative estimate of drug-likeness (QED) is 0.619. The van der Waals surface area contributed by atoms with Crippen LogP contribution >= 0.6 is 12.2 Å². The maximum atomic E-state index is 10.9. The summed E-state index contributed by atoms with van der Waals surface area (Å²) in [6.45, 7) is 3.04. The first kappa shape index (κ1) is 15.6. The van der Waals surface area contributed by atoms with E-state index in [1.54, 1.807) is 29.2 Å². The molecule has 0 saturated carbocycles. The van der Waals surface area contributed by atoms with E-state index < -0.39 is 12.0 Å². The molecule has 1 unspecified atom stereocenters. The molecule has 1 amide bonds. The minimum Gasteiger partial charge on any atom is -0.389 e. The smallest absolute Gasteiger partial charge is 0.231 e. The predicted octanol–water partition coefficient (Wildman–Crippen LogP) is 0.161. The molecule has 0 radical (unpaired) electrons. The van der Waals surface area contributed by atoms with Gasteiger partial charge < -0.3 is 16.6 Å². The number of carbonyl (C=O) groups excluding carboxylic acids is 1. The monoisotopic (exact) mass is 281 g/mol. The number of nitrogens with two attached hydrogens (primary N) is 2. The van der Waals surface area contributed by atoms with Gasteiger partial charge in [0.2, 0.25) is 5.91 Å². The zero-order valence-corrected chi connectivity index (χ0v) is 11.7. The second-order valence-electron chi connectivity index (χ2n) is 4.30. The van der Waals surface area contributed by atoms with Gasteiger partial charge in [0.05, 0.1) is 12.6 Å². The summed E-state index contributed by atoms with van der Waals surface area (Å²) in [5.41, 5.74) is 12.2. The first-order valence-corrected chi connectivity index (χ1v) is 6.43. The van der Waals surface area contributed by atoms with Gasteiger partial charge in [-0.1, -0.05) is 43.4 Å². The summed E-state index contributed by atoms with van der Waals surface area (Å²) >= 11 is 4.86. The van der Waals surface area contributed by atoms with E-state index in [4.69, 9.17) is 23.7 Å². The highest BCUT2D eigenvalue weighted by Crippen LogP contribution is 2.15. The summed E-state index contributed by atoms with van der Waals surface area (Å²) in [4.78, 5) is 13.0. The normalized spacial score (nSPS) is 12.4. The van der Waals surface area contributed by atoms with Crippen LogP contribution in [0, 0.1) is 0 Å². The summed E-state index contributed by atoms with van der Waals surface area (Å²) in [6, 6.07) is 7.09. The van der Waals surface area contributed by atoms with E-state index in [9.17, 15) is 9.90 Å². The van der Waals surface area contributed by atoms with Crippen molar-refractivity contribution < 1.29 is 9.90 Å². The molecule has 1 rings (SSSR count). The van der Waals surface area contributed by atoms with E-state index in [1.807, 2.05) is 6.92 Å². The van der Waals surface area contributed by atoms with Crippen LogP contribution < -0.4 is 11.5 Å². The van der Waals surface area contributed by atoms with Crippen molar-refractivity contribution in [3.63, 3.8) is 0 Å². The average Bonchev–Trinajstić information content (AvgIpc) is 2.37. The molecule has 104 valence electrons. The number of rotatable bonds is 7. The molecular formula is C13H19N3O2S. The Hall–Kier alpha value is -1.50. The van der Waals surface area contributed by atoms with Gasteiger partial charge in [-0.3, -0.25) is 9.69 Å². The summed E-state index contributed by atoms with van der Waals surface area (Å²) in [5, 5.41) is 10.1. The number of amides is 1. The molecule has 0 aliphatic heterocycles. The Balaban J connectivity index is 2.68. The average molecular weight is 281 g/mol. The molecule has 1 aromatic rings. The zero-order valence-electron chi connectivity index (χ0n) is 10.9. The molecule has 6 heteroatoms. The molecule has 0 spiro atoms. The minimum atomic E-state index is -0.681. The maximum Gasteiger partial charge on any atom is 0.231 e. The largest absolute Gasteiger partial charge is 0.389 e. The Morgan fingerprint density at radius 1 is 1.37 bits per heavy atom. The number of nitrogens with zero attached hydrogens (tertiary/aromatic N) is 1. The topological polar surface area (TPSA) is 92.6 Å². The van der Waals surface area contributed by atoms with Crippen LogP contribution in [0.3, 0.4) is 0 Å². The molecular weight excluding hydrogens is 262 g/mol. The Labute approximate surface area is 118 Å². The van der Waals surface area contributed by atoms with Gasteiger partial charge in [0.1, 0.15) is 4.99 Å². The van der Waals surface area contributed by atoms with Crippen molar-refractivity contribution in [1.29, 1.82) is 0 Å². The SMILES string of the molecule is CCN(CC(N)=O)CC(O)c1ccc(C(N)=S)cc1. The Bertz CT molecular complexity index is 448. The number of primary amides is 1. The van der Waals surface area contributed by atoms with E-state index in [0.29, 0.717) is 18.1 Å². The van der Waals surface area contributed by atoms with Crippen molar-refractivity contribution in [3.8, 4) is 0 Å². The third-order valence-corrected chi connectivity index (χ3v) is 3.07. The third-order valence-electron chi connectivity index (χ3n) is 2.84. The highest BCUT2D eigenvalue weighted by atomic mass is 32.1. The number of aliphatic hydroxyl groups excluding tert-OH is 1. The van der Waals surface area contributed by atoms with Gasteiger partial charge in [-0.15, -0.1) is 0 Å². The van der Waals surface area contributed by atoms with Gasteiger partial charge >= 0.3 is 0 Å². The molecule has 0 heterocycles. The van der Waals surface area contributed by atoms with Gasteiger partial charge in [-0.25, -0.2) is 0 Å². The van der Waals surface area contributed by atoms with E-state index >= 15 is 0 Å². The van der Waals surface area contributed by atoms with Crippen LogP contribution in [0.1, 0.15) is 24.2 Å². The molecule has 0 aliphatic carbocycles. The van der Waals surface area contributed by atoms with Gasteiger partial charge in [0, 0.05) is 12.1 Å². The van der Waals surface area contributed by atoms with Crippen LogP contribution in [0.2, 0.25) is 0 Å². The van der Waals surface area contributed by atoms with Gasteiger partial charge in [-0.2, -0.15) is 0 Å². The highest BCUT2D eigenvalue weighted by molar-refractivity contribution is 7.80. The summed E-state index contributed by atoms with van der Waals surface area (Å²) in [5.74, 6) is -0.405. The number of likely N-dealkylation sites (N-methyl/N-ethyl adjacent to an activating group) is 1. The van der Waals surface area contributed by atoms with Crippen LogP contribution in [0.4, 0.5) is 0 Å². The molecule has 0 saturated heterocycles. The van der Waals surface area contributed by atoms with E-state index in [0.717, 1.165) is 11.1 Å². The Kier molecular flexibility index (Phi) is 5.88. The van der Waals surface area contributed by atoms with Crippen LogP contribution in [0.25, 0.3) is 0 Å². The number of thiocarbonyl (C=S) groups is 1. The van der Waals surface area contributed by atoms with Crippen LogP contribution in [0.5, 0.6) is 0 Å². The van der Waals surface area contributed by atoms with E-state index in [2.05, 4.69) is 0 Å². The van der Waals surface area contributed by atoms with E-state index in [1.165, 1.54) is 0 Å². The van der Waals surface area contributed by atoms with Crippen molar-refractivity contribution in [1.82, 2.24) is 4.90 Å². The zero-order chi connectivity index (χ0) is 14.4. The maximum absolute atomic E-state index is 10.9. The first-order chi connectivity index (χ1) is 8.93. The molecule has 1 atom stereocenters. The second kappa shape index (κ2) is 7.18. The van der Waals surface area contributed by atoms with Gasteiger partial charge in [-0.05, 0) is 12.1 Å². The molecule has 5 N–H and O–H groups in total. The highest BCUT2D eigenvalue weighted by Gasteiger charge is 2.14. The van der Waals surface area contributed by atoms with Crippen LogP contribution in [0.15, 0.2) is 24.3 Å². The minimum absolute atomic E-state index is 0.137. The Morgan fingerprint density at radius 2 is 1.95 bits per heavy atom. The fraction of sp³-hybridized carbons (Fsp3) is 0.385. The molecule has 0 bridgehead atoms. The second-order valence-corrected chi connectivity index (χ2v) is 4.74. The molecule has 0 fully saturated rings. The first-order valence-electron chi connectivity index (χ1n) is 6.02. The van der Waals surface area contributed by atoms with Crippen molar-refractivity contribution >= 4 is 23.1 Å². The van der Waals surface area contributed by atoms with Crippen LogP contribution in [-0.2, 0) is 4.79 Å². The Morgan fingerprint density at radius 3 is 2.37 bits per heavy atom. The van der Waals surface area contributed by atoms with E-state index in [-0.39, 0.29) is 6.54 Å². The van der Waals surface area contributed by atoms with Crippen molar-refractivity contribution in [2.45, 2.75) is 13.0 Å². The fourth-order valence-electron chi connectivity index (χ4n) is 1.75. The summed E-state index contributed by atoms with van der Waals surface area (Å²) in [6.07, 6.45) is -0.681. The lowest BCUT2D eigenvalue weighted by atomic mass is 10.1. The molecule has 1 aromatic carbocycles. The van der Waals surface area contributed by atoms with Crippen molar-refractivity contribution in [3.05, 3.63) is 35.4 Å². The number of hydrogen-bond donors (Lipinski definition) is 3. The fourth-order valence-corrected chi connectivity index (χ4v) is 1.88. The number of hydrogen-bond acceptors (Lipinski definition) is 4. The molecule has 0 aliphatic rings. The number of benzene rings is 1. The molecule has 5 nitrogen and oxygen atoms in total. The summed E-state index contributed by atoms with van der Waals surface area (Å²) < 4.78 is 0. The predicted molar refractivity (Wildman–Crippen MR) is 78.6 cm³/mol. The van der Waals surface area contributed by atoms with Gasteiger partial charge in [0.15, 0.2) is 0 Å². The standard InChI is InChI=1S/C13H19N3O2S/c1-2-16(8-12(14)18)7-11(17)9-3-5-10(6-4-9)13(15)19/h3-6,11,17H,2,7-8H2,1H3,(H2,14,18)(H2,15,19). The number of aliphatic hydroxyl groups is 1. The molecule has 0 aromatic heterocycles. The number of carbonyl (C=O) groups is 1. The van der Waals surface area contributed by atoms with Crippen LogP contribution in [-0.4, -0.2) is 40.5 Å². The lowest BCUT2D eigenvalue weighted by Gasteiger charge is -2.22. The van der Waals surface area contributed by atoms with Crippen molar-refractivity contribution in [2.24, 2.45) is 11.5 Å². The van der Waals surface area contributed by atoms with Gasteiger partial charge in [0.25, 0.3) is 0 Å². The third kappa shape index (κ3) is 4.94. The molecule has 19 heavy (non-hydrogen) atoms. The van der Waals surface area contributed by atoms with Crippen molar-refractivity contribution in [2.75, 3.05) is 19.6 Å².